The normalized spacial score (nSPS) is 10.1. The molecule has 0 bridgehead atoms. The minimum Gasteiger partial charge on any atom is -0.350 e. The van der Waals surface area contributed by atoms with Crippen LogP contribution in [0.3, 0.4) is 0 Å². The molecule has 2 aromatic rings. The monoisotopic (exact) mass is 322 g/mol. The second-order valence-corrected chi connectivity index (χ2v) is 4.81. The molecule has 0 unspecified atom stereocenters. The van der Waals surface area contributed by atoms with E-state index in [0.29, 0.717) is 21.3 Å². The Kier molecular flexibility index (Phi) is 3.82. The Bertz CT molecular complexity index is 678. The summed E-state index contributed by atoms with van der Waals surface area (Å²) in [6.45, 7) is 1.55. The van der Waals surface area contributed by atoms with Gasteiger partial charge in [-0.3, -0.25) is 0 Å². The average molecular weight is 323 g/mol. The lowest BCUT2D eigenvalue weighted by Gasteiger charge is -2.12. The molecule has 0 saturated carbocycles. The van der Waals surface area contributed by atoms with Crippen LogP contribution < -0.4 is 5.32 Å². The molecule has 0 radical (unpaired) electrons. The molecule has 0 fully saturated rings. The van der Waals surface area contributed by atoms with Gasteiger partial charge in [-0.2, -0.15) is 5.26 Å². The van der Waals surface area contributed by atoms with Gasteiger partial charge in [0.05, 0.1) is 11.3 Å². The summed E-state index contributed by atoms with van der Waals surface area (Å²) in [6, 6.07) is 9.49. The molecule has 2 nitrogen and oxygen atoms in total. The summed E-state index contributed by atoms with van der Waals surface area (Å²) >= 11 is 3.22. The largest absolute Gasteiger partial charge is 0.350 e. The third-order valence-corrected chi connectivity index (χ3v) is 3.33. The lowest BCUT2D eigenvalue weighted by Crippen LogP contribution is -2.01. The predicted molar refractivity (Wildman–Crippen MR) is 73.2 cm³/mol. The maximum atomic E-state index is 13.9. The van der Waals surface area contributed by atoms with Crippen molar-refractivity contribution < 1.29 is 8.78 Å². The zero-order chi connectivity index (χ0) is 14.0. The Hall–Kier alpha value is -1.93. The minimum absolute atomic E-state index is 0.255. The molecule has 0 aliphatic rings. The van der Waals surface area contributed by atoms with Gasteiger partial charge in [-0.05, 0) is 46.6 Å². The number of hydrogen-bond donors (Lipinski definition) is 1. The molecular formula is C14H9BrF2N2. The van der Waals surface area contributed by atoms with Crippen LogP contribution in [0, 0.1) is 29.9 Å². The number of nitrogens with zero attached hydrogens (tertiary/aromatic N) is 1. The number of rotatable bonds is 2. The van der Waals surface area contributed by atoms with Gasteiger partial charge in [0.25, 0.3) is 0 Å². The summed E-state index contributed by atoms with van der Waals surface area (Å²) in [7, 11) is 0. The maximum Gasteiger partial charge on any atom is 0.152 e. The van der Waals surface area contributed by atoms with E-state index < -0.39 is 11.6 Å². The van der Waals surface area contributed by atoms with Crippen LogP contribution in [0.15, 0.2) is 34.8 Å². The number of benzene rings is 2. The Labute approximate surface area is 117 Å². The van der Waals surface area contributed by atoms with Gasteiger partial charge < -0.3 is 5.32 Å². The summed E-state index contributed by atoms with van der Waals surface area (Å²) in [5.74, 6) is -1.36. The molecule has 0 aromatic heterocycles. The molecule has 0 atom stereocenters. The Morgan fingerprint density at radius 2 is 1.95 bits per heavy atom. The van der Waals surface area contributed by atoms with Crippen molar-refractivity contribution in [2.45, 2.75) is 6.92 Å². The first-order chi connectivity index (χ1) is 9.04. The summed E-state index contributed by atoms with van der Waals surface area (Å²) in [5, 5.41) is 11.7. The molecule has 0 spiro atoms. The number of aryl methyl sites for hydroxylation is 1. The molecule has 0 heterocycles. The van der Waals surface area contributed by atoms with Crippen molar-refractivity contribution in [1.82, 2.24) is 0 Å². The fourth-order valence-corrected chi connectivity index (χ4v) is 2.10. The Morgan fingerprint density at radius 3 is 2.63 bits per heavy atom. The van der Waals surface area contributed by atoms with Crippen LogP contribution in [0.25, 0.3) is 0 Å². The maximum absolute atomic E-state index is 13.9. The number of halogens is 3. The topological polar surface area (TPSA) is 35.8 Å². The van der Waals surface area contributed by atoms with Gasteiger partial charge in [0, 0.05) is 4.47 Å². The van der Waals surface area contributed by atoms with Crippen molar-refractivity contribution in [2.75, 3.05) is 5.32 Å². The van der Waals surface area contributed by atoms with E-state index in [9.17, 15) is 8.78 Å². The van der Waals surface area contributed by atoms with Crippen LogP contribution in [0.1, 0.15) is 11.1 Å². The van der Waals surface area contributed by atoms with Crippen molar-refractivity contribution in [3.05, 3.63) is 57.6 Å². The van der Waals surface area contributed by atoms with Crippen LogP contribution in [0.2, 0.25) is 0 Å². The highest BCUT2D eigenvalue weighted by molar-refractivity contribution is 9.10. The molecule has 96 valence electrons. The smallest absolute Gasteiger partial charge is 0.152 e. The zero-order valence-corrected chi connectivity index (χ0v) is 11.6. The van der Waals surface area contributed by atoms with E-state index in [4.69, 9.17) is 5.26 Å². The highest BCUT2D eigenvalue weighted by Crippen LogP contribution is 2.30. The molecule has 2 rings (SSSR count). The van der Waals surface area contributed by atoms with Crippen LogP contribution in [0.4, 0.5) is 20.2 Å². The molecule has 1 N–H and O–H groups in total. The van der Waals surface area contributed by atoms with E-state index in [1.165, 1.54) is 12.1 Å². The van der Waals surface area contributed by atoms with Gasteiger partial charge in [0.15, 0.2) is 5.82 Å². The Balaban J connectivity index is 2.52. The highest BCUT2D eigenvalue weighted by atomic mass is 79.9. The Morgan fingerprint density at radius 1 is 1.21 bits per heavy atom. The van der Waals surface area contributed by atoms with E-state index in [0.717, 1.165) is 0 Å². The quantitative estimate of drug-likeness (QED) is 0.873. The van der Waals surface area contributed by atoms with Gasteiger partial charge in [-0.15, -0.1) is 0 Å². The van der Waals surface area contributed by atoms with Crippen molar-refractivity contribution in [3.63, 3.8) is 0 Å². The fourth-order valence-electron chi connectivity index (χ4n) is 1.65. The van der Waals surface area contributed by atoms with E-state index in [2.05, 4.69) is 21.2 Å². The van der Waals surface area contributed by atoms with Crippen LogP contribution in [-0.2, 0) is 0 Å². The van der Waals surface area contributed by atoms with E-state index in [-0.39, 0.29) is 5.69 Å². The molecule has 0 amide bonds. The lowest BCUT2D eigenvalue weighted by atomic mass is 10.1. The third-order valence-electron chi connectivity index (χ3n) is 2.67. The van der Waals surface area contributed by atoms with E-state index in [1.807, 2.05) is 6.07 Å². The predicted octanol–water partition coefficient (Wildman–Crippen LogP) is 4.65. The second kappa shape index (κ2) is 5.37. The third kappa shape index (κ3) is 2.59. The van der Waals surface area contributed by atoms with Crippen molar-refractivity contribution >= 4 is 27.3 Å². The zero-order valence-electron chi connectivity index (χ0n) is 9.97. The number of hydrogen-bond acceptors (Lipinski definition) is 2. The van der Waals surface area contributed by atoms with Gasteiger partial charge >= 0.3 is 0 Å². The fraction of sp³-hybridized carbons (Fsp3) is 0.0714. The number of anilines is 2. The summed E-state index contributed by atoms with van der Waals surface area (Å²) in [6.07, 6.45) is 0. The van der Waals surface area contributed by atoms with Gasteiger partial charge in [0.2, 0.25) is 0 Å². The standard InChI is InChI=1S/C14H9BrF2N2/c1-8-5-6-11(16)14(13(8)17)19-12-4-2-3-10(15)9(12)7-18/h2-6,19H,1H3. The molecule has 5 heteroatoms. The molecule has 0 aliphatic heterocycles. The highest BCUT2D eigenvalue weighted by Gasteiger charge is 2.14. The lowest BCUT2D eigenvalue weighted by molar-refractivity contribution is 0.585. The molecular weight excluding hydrogens is 314 g/mol. The van der Waals surface area contributed by atoms with Crippen LogP contribution in [-0.4, -0.2) is 0 Å². The first-order valence-electron chi connectivity index (χ1n) is 5.45. The molecule has 19 heavy (non-hydrogen) atoms. The molecule has 0 saturated heterocycles. The minimum atomic E-state index is -0.702. The van der Waals surface area contributed by atoms with Gasteiger partial charge in [-0.1, -0.05) is 12.1 Å². The van der Waals surface area contributed by atoms with Gasteiger partial charge in [-0.25, -0.2) is 8.78 Å². The summed E-state index contributed by atoms with van der Waals surface area (Å²) in [5.41, 5.74) is 0.718. The average Bonchev–Trinajstić information content (AvgIpc) is 2.39. The number of nitrogens with one attached hydrogen (secondary N) is 1. The van der Waals surface area contributed by atoms with E-state index >= 15 is 0 Å². The van der Waals surface area contributed by atoms with Gasteiger partial charge in [0.1, 0.15) is 17.6 Å². The SMILES string of the molecule is Cc1ccc(F)c(Nc2cccc(Br)c2C#N)c1F. The second-order valence-electron chi connectivity index (χ2n) is 3.95. The van der Waals surface area contributed by atoms with Crippen molar-refractivity contribution in [1.29, 1.82) is 5.26 Å². The van der Waals surface area contributed by atoms with Crippen LogP contribution in [0.5, 0.6) is 0 Å². The molecule has 2 aromatic carbocycles. The summed E-state index contributed by atoms with van der Waals surface area (Å²) < 4.78 is 28.1. The van der Waals surface area contributed by atoms with E-state index in [1.54, 1.807) is 25.1 Å². The van der Waals surface area contributed by atoms with Crippen molar-refractivity contribution in [2.24, 2.45) is 0 Å². The summed E-state index contributed by atoms with van der Waals surface area (Å²) in [4.78, 5) is 0. The van der Waals surface area contributed by atoms with Crippen molar-refractivity contribution in [3.8, 4) is 6.07 Å². The number of nitriles is 1. The first kappa shape index (κ1) is 13.5. The molecule has 0 aliphatic carbocycles. The first-order valence-corrected chi connectivity index (χ1v) is 6.24. The van der Waals surface area contributed by atoms with Crippen LogP contribution >= 0.6 is 15.9 Å².